The molecule has 3 aromatic rings. The molecule has 0 aliphatic heterocycles. The van der Waals surface area contributed by atoms with Crippen LogP contribution < -0.4 is 14.9 Å². The van der Waals surface area contributed by atoms with Gasteiger partial charge in [0.15, 0.2) is 11.5 Å². The number of aryl methyl sites for hydroxylation is 1. The van der Waals surface area contributed by atoms with Gasteiger partial charge in [-0.2, -0.15) is 5.10 Å². The molecular formula is C20H18ClN3O4. The number of hydrogen-bond donors (Lipinski definition) is 2. The molecule has 0 spiro atoms. The number of nitrogens with zero attached hydrogens (tertiary/aromatic N) is 2. The normalized spacial score (nSPS) is 11.0. The van der Waals surface area contributed by atoms with Gasteiger partial charge in [-0.25, -0.2) is 9.78 Å². The number of fused-ring (bicyclic) bond motifs is 1. The van der Waals surface area contributed by atoms with Crippen molar-refractivity contribution < 1.29 is 19.4 Å². The summed E-state index contributed by atoms with van der Waals surface area (Å²) in [6, 6.07) is 10.5. The Balaban J connectivity index is 1.92. The Morgan fingerprint density at radius 3 is 2.68 bits per heavy atom. The molecule has 1 aromatic heterocycles. The van der Waals surface area contributed by atoms with Crippen molar-refractivity contribution in [1.82, 2.24) is 4.98 Å². The molecule has 0 amide bonds. The van der Waals surface area contributed by atoms with Gasteiger partial charge in [0.25, 0.3) is 0 Å². The van der Waals surface area contributed by atoms with Gasteiger partial charge in [0, 0.05) is 16.0 Å². The number of hydrazone groups is 1. The number of halogens is 1. The molecule has 2 aromatic carbocycles. The Morgan fingerprint density at radius 2 is 2.00 bits per heavy atom. The summed E-state index contributed by atoms with van der Waals surface area (Å²) >= 11 is 6.03. The van der Waals surface area contributed by atoms with Crippen molar-refractivity contribution in [3.63, 3.8) is 0 Å². The van der Waals surface area contributed by atoms with Crippen molar-refractivity contribution in [2.75, 3.05) is 19.6 Å². The van der Waals surface area contributed by atoms with E-state index in [-0.39, 0.29) is 11.3 Å². The lowest BCUT2D eigenvalue weighted by Crippen LogP contribution is -2.07. The van der Waals surface area contributed by atoms with Crippen molar-refractivity contribution in [2.45, 2.75) is 6.92 Å². The SMILES string of the molecule is COc1ccc(/C=N\Nc2cc(C)c3cc(Cl)ccc3n2)c(C(=O)O)c1OC. The summed E-state index contributed by atoms with van der Waals surface area (Å²) in [5.41, 5.74) is 4.92. The number of methoxy groups -OCH3 is 2. The van der Waals surface area contributed by atoms with Crippen LogP contribution in [0.1, 0.15) is 21.5 Å². The Labute approximate surface area is 166 Å². The summed E-state index contributed by atoms with van der Waals surface area (Å²) in [6.45, 7) is 1.95. The zero-order valence-corrected chi connectivity index (χ0v) is 16.2. The smallest absolute Gasteiger partial charge is 0.340 e. The molecule has 8 heteroatoms. The van der Waals surface area contributed by atoms with E-state index in [1.807, 2.05) is 25.1 Å². The quantitative estimate of drug-likeness (QED) is 0.472. The van der Waals surface area contributed by atoms with Gasteiger partial charge in [-0.1, -0.05) is 11.6 Å². The Hall–Kier alpha value is -3.32. The zero-order chi connectivity index (χ0) is 20.3. The number of anilines is 1. The van der Waals surface area contributed by atoms with E-state index in [0.29, 0.717) is 22.2 Å². The van der Waals surface area contributed by atoms with Crippen LogP contribution in [0.4, 0.5) is 5.82 Å². The second-order valence-electron chi connectivity index (χ2n) is 5.93. The van der Waals surface area contributed by atoms with Gasteiger partial charge in [0.05, 0.1) is 26.0 Å². The van der Waals surface area contributed by atoms with E-state index in [2.05, 4.69) is 15.5 Å². The first-order chi connectivity index (χ1) is 13.4. The first-order valence-electron chi connectivity index (χ1n) is 8.29. The molecule has 0 fully saturated rings. The highest BCUT2D eigenvalue weighted by molar-refractivity contribution is 6.31. The molecule has 0 aliphatic carbocycles. The minimum atomic E-state index is -1.14. The third-order valence-corrected chi connectivity index (χ3v) is 4.39. The fraction of sp³-hybridized carbons (Fsp3) is 0.150. The highest BCUT2D eigenvalue weighted by Gasteiger charge is 2.20. The number of pyridine rings is 1. The van der Waals surface area contributed by atoms with Crippen molar-refractivity contribution >= 4 is 40.5 Å². The monoisotopic (exact) mass is 399 g/mol. The van der Waals surface area contributed by atoms with Crippen LogP contribution in [-0.2, 0) is 0 Å². The maximum absolute atomic E-state index is 11.7. The molecule has 0 unspecified atom stereocenters. The van der Waals surface area contributed by atoms with Crippen molar-refractivity contribution in [3.05, 3.63) is 58.1 Å². The average Bonchev–Trinajstić information content (AvgIpc) is 2.67. The summed E-state index contributed by atoms with van der Waals surface area (Å²) in [7, 11) is 2.83. The maximum atomic E-state index is 11.7. The van der Waals surface area contributed by atoms with Gasteiger partial charge in [0.2, 0.25) is 0 Å². The van der Waals surface area contributed by atoms with Crippen LogP contribution in [0.5, 0.6) is 11.5 Å². The van der Waals surface area contributed by atoms with E-state index >= 15 is 0 Å². The Morgan fingerprint density at radius 1 is 1.21 bits per heavy atom. The van der Waals surface area contributed by atoms with E-state index in [1.165, 1.54) is 20.4 Å². The number of nitrogens with one attached hydrogen (secondary N) is 1. The van der Waals surface area contributed by atoms with Gasteiger partial charge in [-0.3, -0.25) is 5.43 Å². The van der Waals surface area contributed by atoms with Crippen LogP contribution in [0.2, 0.25) is 5.02 Å². The maximum Gasteiger partial charge on any atom is 0.340 e. The average molecular weight is 400 g/mol. The predicted molar refractivity (Wildman–Crippen MR) is 109 cm³/mol. The fourth-order valence-electron chi connectivity index (χ4n) is 2.86. The predicted octanol–water partition coefficient (Wildman–Crippen LogP) is 4.36. The fourth-order valence-corrected chi connectivity index (χ4v) is 3.03. The molecule has 28 heavy (non-hydrogen) atoms. The highest BCUT2D eigenvalue weighted by atomic mass is 35.5. The van der Waals surface area contributed by atoms with Crippen LogP contribution in [0.3, 0.4) is 0 Å². The number of benzene rings is 2. The lowest BCUT2D eigenvalue weighted by molar-refractivity contribution is 0.0692. The number of aromatic carboxylic acids is 1. The van der Waals surface area contributed by atoms with Crippen molar-refractivity contribution in [1.29, 1.82) is 0 Å². The first-order valence-corrected chi connectivity index (χ1v) is 8.66. The zero-order valence-electron chi connectivity index (χ0n) is 15.5. The molecule has 0 saturated carbocycles. The molecule has 0 bridgehead atoms. The minimum absolute atomic E-state index is 0.0373. The number of ether oxygens (including phenoxy) is 2. The molecule has 0 radical (unpaired) electrons. The largest absolute Gasteiger partial charge is 0.493 e. The van der Waals surface area contributed by atoms with Crippen LogP contribution in [0.25, 0.3) is 10.9 Å². The molecule has 0 aliphatic rings. The number of carboxylic acids is 1. The van der Waals surface area contributed by atoms with Gasteiger partial charge in [0.1, 0.15) is 11.4 Å². The van der Waals surface area contributed by atoms with Gasteiger partial charge < -0.3 is 14.6 Å². The first kappa shape index (κ1) is 19.4. The highest BCUT2D eigenvalue weighted by Crippen LogP contribution is 2.33. The summed E-state index contributed by atoms with van der Waals surface area (Å²) in [5, 5.41) is 15.3. The number of rotatable bonds is 6. The Kier molecular flexibility index (Phi) is 5.65. The van der Waals surface area contributed by atoms with Crippen molar-refractivity contribution in [2.24, 2.45) is 5.10 Å². The summed E-state index contributed by atoms with van der Waals surface area (Å²) < 4.78 is 10.3. The number of hydrogen-bond acceptors (Lipinski definition) is 6. The second kappa shape index (κ2) is 8.14. The van der Waals surface area contributed by atoms with Crippen LogP contribution in [-0.4, -0.2) is 36.5 Å². The number of carboxylic acid groups (broad SMARTS) is 1. The molecule has 3 rings (SSSR count). The van der Waals surface area contributed by atoms with Crippen LogP contribution in [0.15, 0.2) is 41.5 Å². The molecule has 7 nitrogen and oxygen atoms in total. The molecule has 2 N–H and O–H groups in total. The molecule has 144 valence electrons. The molecule has 0 atom stereocenters. The Bertz CT molecular complexity index is 1080. The standard InChI is InChI=1S/C20H18ClN3O4/c1-11-8-17(23-15-6-5-13(21)9-14(11)15)24-22-10-12-4-7-16(27-2)19(28-3)18(12)20(25)26/h4-10H,1-3H3,(H,23,24)(H,25,26)/b22-10-. The van der Waals surface area contributed by atoms with E-state index in [9.17, 15) is 9.90 Å². The minimum Gasteiger partial charge on any atom is -0.493 e. The summed E-state index contributed by atoms with van der Waals surface area (Å²) in [4.78, 5) is 16.2. The van der Waals surface area contributed by atoms with E-state index in [4.69, 9.17) is 21.1 Å². The van der Waals surface area contributed by atoms with Gasteiger partial charge >= 0.3 is 5.97 Å². The third-order valence-electron chi connectivity index (χ3n) is 4.15. The lowest BCUT2D eigenvalue weighted by Gasteiger charge is -2.12. The lowest BCUT2D eigenvalue weighted by atomic mass is 10.1. The molecule has 0 saturated heterocycles. The van der Waals surface area contributed by atoms with Gasteiger partial charge in [-0.05, 0) is 48.9 Å². The third kappa shape index (κ3) is 3.84. The van der Waals surface area contributed by atoms with E-state index in [1.54, 1.807) is 18.2 Å². The van der Waals surface area contributed by atoms with E-state index in [0.717, 1.165) is 16.5 Å². The second-order valence-corrected chi connectivity index (χ2v) is 6.36. The topological polar surface area (TPSA) is 93.0 Å². The van der Waals surface area contributed by atoms with Crippen LogP contribution in [0, 0.1) is 6.92 Å². The van der Waals surface area contributed by atoms with E-state index < -0.39 is 5.97 Å². The summed E-state index contributed by atoms with van der Waals surface area (Å²) in [5.74, 6) is -0.152. The molecule has 1 heterocycles. The number of carbonyl (C=O) groups is 1. The number of aromatic nitrogens is 1. The van der Waals surface area contributed by atoms with Gasteiger partial charge in [-0.15, -0.1) is 0 Å². The van der Waals surface area contributed by atoms with Crippen molar-refractivity contribution in [3.8, 4) is 11.5 Å². The van der Waals surface area contributed by atoms with Crippen LogP contribution >= 0.6 is 11.6 Å². The summed E-state index contributed by atoms with van der Waals surface area (Å²) in [6.07, 6.45) is 1.40. The molecular weight excluding hydrogens is 382 g/mol.